The molecule has 1 aliphatic carbocycles. The van der Waals surface area contributed by atoms with E-state index in [4.69, 9.17) is 10.5 Å². The van der Waals surface area contributed by atoms with Gasteiger partial charge in [0.25, 0.3) is 0 Å². The van der Waals surface area contributed by atoms with Gasteiger partial charge in [-0.2, -0.15) is 0 Å². The van der Waals surface area contributed by atoms with Crippen molar-refractivity contribution in [2.45, 2.75) is 38.1 Å². The van der Waals surface area contributed by atoms with Crippen LogP contribution in [-0.2, 0) is 0 Å². The Balaban J connectivity index is 2.20. The highest BCUT2D eigenvalue weighted by atomic mass is 16.5. The fourth-order valence-corrected chi connectivity index (χ4v) is 2.72. The Morgan fingerprint density at radius 3 is 2.65 bits per heavy atom. The molecular weight excluding hydrogens is 214 g/mol. The molecule has 1 fully saturated rings. The summed E-state index contributed by atoms with van der Waals surface area (Å²) in [4.78, 5) is 0. The van der Waals surface area contributed by atoms with E-state index in [9.17, 15) is 5.11 Å². The number of benzene rings is 1. The van der Waals surface area contributed by atoms with Gasteiger partial charge in [-0.05, 0) is 24.8 Å². The van der Waals surface area contributed by atoms with E-state index in [1.807, 2.05) is 12.1 Å². The summed E-state index contributed by atoms with van der Waals surface area (Å²) in [6.07, 6.45) is 6.15. The SMILES string of the molecule is COc1cccc([C@H](N)C2CCCCC2)c1O. The Kier molecular flexibility index (Phi) is 3.89. The topological polar surface area (TPSA) is 55.5 Å². The first kappa shape index (κ1) is 12.2. The van der Waals surface area contributed by atoms with Crippen LogP contribution in [0.3, 0.4) is 0 Å². The van der Waals surface area contributed by atoms with Crippen molar-refractivity contribution in [2.24, 2.45) is 11.7 Å². The monoisotopic (exact) mass is 235 g/mol. The van der Waals surface area contributed by atoms with Crippen molar-refractivity contribution in [1.82, 2.24) is 0 Å². The van der Waals surface area contributed by atoms with E-state index < -0.39 is 0 Å². The number of hydrogen-bond acceptors (Lipinski definition) is 3. The van der Waals surface area contributed by atoms with E-state index in [0.717, 1.165) is 18.4 Å². The molecule has 1 saturated carbocycles. The Morgan fingerprint density at radius 2 is 2.00 bits per heavy atom. The molecule has 1 aliphatic rings. The Hall–Kier alpha value is -1.22. The van der Waals surface area contributed by atoms with Crippen molar-refractivity contribution < 1.29 is 9.84 Å². The van der Waals surface area contributed by atoms with Crippen LogP contribution >= 0.6 is 0 Å². The second kappa shape index (κ2) is 5.41. The lowest BCUT2D eigenvalue weighted by molar-refractivity contribution is 0.299. The van der Waals surface area contributed by atoms with Crippen molar-refractivity contribution in [1.29, 1.82) is 0 Å². The maximum atomic E-state index is 10.1. The van der Waals surface area contributed by atoms with Gasteiger partial charge >= 0.3 is 0 Å². The minimum atomic E-state index is -0.0783. The standard InChI is InChI=1S/C14H21NO2/c1-17-12-9-5-8-11(14(12)16)13(15)10-6-3-2-4-7-10/h5,8-10,13,16H,2-4,6-7,15H2,1H3/t13-/m1/s1. The van der Waals surface area contributed by atoms with Crippen LogP contribution < -0.4 is 10.5 Å². The molecule has 3 heteroatoms. The lowest BCUT2D eigenvalue weighted by atomic mass is 9.81. The van der Waals surface area contributed by atoms with Gasteiger partial charge in [0.2, 0.25) is 0 Å². The molecule has 3 nitrogen and oxygen atoms in total. The van der Waals surface area contributed by atoms with Crippen molar-refractivity contribution in [3.63, 3.8) is 0 Å². The maximum Gasteiger partial charge on any atom is 0.162 e. The lowest BCUT2D eigenvalue weighted by Crippen LogP contribution is -2.23. The van der Waals surface area contributed by atoms with Crippen molar-refractivity contribution in [3.8, 4) is 11.5 Å². The Bertz CT molecular complexity index is 372. The van der Waals surface area contributed by atoms with Gasteiger partial charge in [0.1, 0.15) is 0 Å². The van der Waals surface area contributed by atoms with E-state index in [1.165, 1.54) is 19.3 Å². The van der Waals surface area contributed by atoms with Crippen LogP contribution in [0.5, 0.6) is 11.5 Å². The number of nitrogens with two attached hydrogens (primary N) is 1. The molecule has 0 amide bonds. The summed E-state index contributed by atoms with van der Waals surface area (Å²) in [6.45, 7) is 0. The number of aromatic hydroxyl groups is 1. The highest BCUT2D eigenvalue weighted by Crippen LogP contribution is 2.39. The van der Waals surface area contributed by atoms with Gasteiger partial charge in [-0.15, -0.1) is 0 Å². The molecule has 0 heterocycles. The zero-order chi connectivity index (χ0) is 12.3. The third-order valence-corrected chi connectivity index (χ3v) is 3.77. The number of rotatable bonds is 3. The lowest BCUT2D eigenvalue weighted by Gasteiger charge is -2.28. The van der Waals surface area contributed by atoms with Crippen LogP contribution in [0.15, 0.2) is 18.2 Å². The summed E-state index contributed by atoms with van der Waals surface area (Å²) >= 11 is 0. The summed E-state index contributed by atoms with van der Waals surface area (Å²) in [5.74, 6) is 1.20. The highest BCUT2D eigenvalue weighted by molar-refractivity contribution is 5.46. The largest absolute Gasteiger partial charge is 0.504 e. The Morgan fingerprint density at radius 1 is 1.29 bits per heavy atom. The molecule has 2 rings (SSSR count). The van der Waals surface area contributed by atoms with Crippen LogP contribution in [0.4, 0.5) is 0 Å². The van der Waals surface area contributed by atoms with Crippen LogP contribution in [0.2, 0.25) is 0 Å². The summed E-state index contributed by atoms with van der Waals surface area (Å²) in [5.41, 5.74) is 7.09. The average Bonchev–Trinajstić information content (AvgIpc) is 2.39. The molecule has 0 aliphatic heterocycles. The average molecular weight is 235 g/mol. The zero-order valence-corrected chi connectivity index (χ0v) is 10.4. The minimum Gasteiger partial charge on any atom is -0.504 e. The predicted octanol–water partition coefficient (Wildman–Crippen LogP) is 2.98. The van der Waals surface area contributed by atoms with Gasteiger partial charge in [-0.25, -0.2) is 0 Å². The first-order chi connectivity index (χ1) is 8.24. The molecule has 0 unspecified atom stereocenters. The number of hydrogen-bond donors (Lipinski definition) is 2. The molecule has 1 atom stereocenters. The number of para-hydroxylation sites is 1. The van der Waals surface area contributed by atoms with Crippen LogP contribution in [0.1, 0.15) is 43.7 Å². The number of methoxy groups -OCH3 is 1. The van der Waals surface area contributed by atoms with Gasteiger partial charge in [0, 0.05) is 11.6 Å². The maximum absolute atomic E-state index is 10.1. The number of ether oxygens (including phenoxy) is 1. The molecule has 1 aromatic rings. The summed E-state index contributed by atoms with van der Waals surface area (Å²) in [7, 11) is 1.56. The predicted molar refractivity (Wildman–Crippen MR) is 68.2 cm³/mol. The highest BCUT2D eigenvalue weighted by Gasteiger charge is 2.24. The quantitative estimate of drug-likeness (QED) is 0.846. The van der Waals surface area contributed by atoms with Crippen molar-refractivity contribution in [2.75, 3.05) is 7.11 Å². The second-order valence-corrected chi connectivity index (χ2v) is 4.82. The van der Waals surface area contributed by atoms with E-state index in [2.05, 4.69) is 0 Å². The summed E-state index contributed by atoms with van der Waals surface area (Å²) < 4.78 is 5.12. The van der Waals surface area contributed by atoms with Crippen molar-refractivity contribution in [3.05, 3.63) is 23.8 Å². The zero-order valence-electron chi connectivity index (χ0n) is 10.4. The van der Waals surface area contributed by atoms with Crippen LogP contribution in [-0.4, -0.2) is 12.2 Å². The summed E-state index contributed by atoms with van der Waals surface area (Å²) in [6, 6.07) is 5.46. The van der Waals surface area contributed by atoms with E-state index in [-0.39, 0.29) is 11.8 Å². The molecule has 0 saturated heterocycles. The first-order valence-corrected chi connectivity index (χ1v) is 6.35. The van der Waals surface area contributed by atoms with Gasteiger partial charge in [0.05, 0.1) is 7.11 Å². The molecule has 0 spiro atoms. The van der Waals surface area contributed by atoms with E-state index >= 15 is 0 Å². The summed E-state index contributed by atoms with van der Waals surface area (Å²) in [5, 5.41) is 10.1. The third kappa shape index (κ3) is 2.55. The van der Waals surface area contributed by atoms with Gasteiger partial charge in [0.15, 0.2) is 11.5 Å². The van der Waals surface area contributed by atoms with E-state index in [0.29, 0.717) is 11.7 Å². The smallest absolute Gasteiger partial charge is 0.162 e. The molecule has 94 valence electrons. The van der Waals surface area contributed by atoms with Crippen molar-refractivity contribution >= 4 is 0 Å². The molecule has 0 bridgehead atoms. The number of phenolic OH excluding ortho intramolecular Hbond substituents is 1. The fourth-order valence-electron chi connectivity index (χ4n) is 2.72. The van der Waals surface area contributed by atoms with Crippen LogP contribution in [0.25, 0.3) is 0 Å². The molecule has 1 aromatic carbocycles. The molecule has 0 aromatic heterocycles. The fraction of sp³-hybridized carbons (Fsp3) is 0.571. The minimum absolute atomic E-state index is 0.0783. The van der Waals surface area contributed by atoms with Gasteiger partial charge < -0.3 is 15.6 Å². The van der Waals surface area contributed by atoms with Crippen LogP contribution in [0, 0.1) is 5.92 Å². The van der Waals surface area contributed by atoms with E-state index in [1.54, 1.807) is 13.2 Å². The molecular formula is C14H21NO2. The second-order valence-electron chi connectivity index (χ2n) is 4.82. The normalized spacial score (nSPS) is 18.9. The molecule has 17 heavy (non-hydrogen) atoms. The first-order valence-electron chi connectivity index (χ1n) is 6.35. The Labute approximate surface area is 103 Å². The van der Waals surface area contributed by atoms with Gasteiger partial charge in [-0.1, -0.05) is 31.4 Å². The van der Waals surface area contributed by atoms with Gasteiger partial charge in [-0.3, -0.25) is 0 Å². The molecule has 0 radical (unpaired) electrons. The third-order valence-electron chi connectivity index (χ3n) is 3.77. The molecule has 3 N–H and O–H groups in total. The number of phenols is 1.